The van der Waals surface area contributed by atoms with E-state index in [9.17, 15) is 8.42 Å². The minimum Gasteiger partial charge on any atom is -0.372 e. The largest absolute Gasteiger partial charge is 0.372 e. The third kappa shape index (κ3) is 2.65. The molecule has 0 bridgehead atoms. The molecule has 0 radical (unpaired) electrons. The van der Waals surface area contributed by atoms with Gasteiger partial charge in [-0.3, -0.25) is 4.18 Å². The van der Waals surface area contributed by atoms with E-state index in [2.05, 4.69) is 15.9 Å². The molecule has 7 heteroatoms. The Morgan fingerprint density at radius 1 is 1.30 bits per heavy atom. The second kappa shape index (κ2) is 5.38. The number of halogens is 1. The number of rotatable bonds is 3. The number of ether oxygens (including phenoxy) is 2. The molecule has 1 aromatic carbocycles. The Kier molecular flexibility index (Phi) is 3.89. The second-order valence-corrected chi connectivity index (χ2v) is 7.45. The van der Waals surface area contributed by atoms with Crippen molar-refractivity contribution in [2.45, 2.75) is 41.6 Å². The molecule has 2 aliphatic rings. The number of hydrogen-bond donors (Lipinski definition) is 0. The SMILES string of the molecule is Cc1ccc(S(=O)(=O)OC2C(Br)OC3CCOC32)cc1. The van der Waals surface area contributed by atoms with Crippen molar-refractivity contribution in [1.82, 2.24) is 0 Å². The van der Waals surface area contributed by atoms with Crippen molar-refractivity contribution in [2.75, 3.05) is 6.61 Å². The lowest BCUT2D eigenvalue weighted by atomic mass is 10.1. The van der Waals surface area contributed by atoms with Crippen molar-refractivity contribution in [3.8, 4) is 0 Å². The van der Waals surface area contributed by atoms with Gasteiger partial charge >= 0.3 is 0 Å². The third-order valence-electron chi connectivity index (χ3n) is 3.51. The van der Waals surface area contributed by atoms with E-state index in [0.717, 1.165) is 12.0 Å². The minimum absolute atomic E-state index is 0.0995. The van der Waals surface area contributed by atoms with E-state index < -0.39 is 21.2 Å². The zero-order valence-corrected chi connectivity index (χ0v) is 13.3. The molecule has 0 aliphatic carbocycles. The lowest BCUT2D eigenvalue weighted by molar-refractivity contribution is 0.0318. The lowest BCUT2D eigenvalue weighted by Gasteiger charge is -2.18. The monoisotopic (exact) mass is 362 g/mol. The average Bonchev–Trinajstić information content (AvgIpc) is 2.94. The molecule has 20 heavy (non-hydrogen) atoms. The van der Waals surface area contributed by atoms with E-state index in [-0.39, 0.29) is 17.1 Å². The molecule has 2 heterocycles. The molecule has 4 unspecified atom stereocenters. The molecule has 2 aliphatic heterocycles. The van der Waals surface area contributed by atoms with Crippen LogP contribution in [0.25, 0.3) is 0 Å². The van der Waals surface area contributed by atoms with Crippen molar-refractivity contribution < 1.29 is 22.1 Å². The first-order valence-corrected chi connectivity index (χ1v) is 8.71. The molecule has 4 atom stereocenters. The number of fused-ring (bicyclic) bond motifs is 1. The number of hydrogen-bond acceptors (Lipinski definition) is 5. The van der Waals surface area contributed by atoms with Gasteiger partial charge in [-0.1, -0.05) is 33.6 Å². The standard InChI is InChI=1S/C13H15BrO5S/c1-8-2-4-9(5-3-8)20(15,16)19-12-11-10(6-7-17-11)18-13(12)14/h2-5,10-13H,6-7H2,1H3. The van der Waals surface area contributed by atoms with Crippen LogP contribution in [0.4, 0.5) is 0 Å². The van der Waals surface area contributed by atoms with Gasteiger partial charge in [0.2, 0.25) is 0 Å². The van der Waals surface area contributed by atoms with Crippen molar-refractivity contribution in [3.05, 3.63) is 29.8 Å². The van der Waals surface area contributed by atoms with Gasteiger partial charge in [0.15, 0.2) is 0 Å². The highest BCUT2D eigenvalue weighted by Gasteiger charge is 2.50. The molecule has 1 aromatic rings. The summed E-state index contributed by atoms with van der Waals surface area (Å²) >= 11 is 3.31. The van der Waals surface area contributed by atoms with E-state index in [1.165, 1.54) is 12.1 Å². The fraction of sp³-hybridized carbons (Fsp3) is 0.538. The summed E-state index contributed by atoms with van der Waals surface area (Å²) in [6, 6.07) is 6.55. The highest BCUT2D eigenvalue weighted by atomic mass is 79.9. The van der Waals surface area contributed by atoms with E-state index in [1.54, 1.807) is 12.1 Å². The summed E-state index contributed by atoms with van der Waals surface area (Å²) in [6.07, 6.45) is -0.331. The van der Waals surface area contributed by atoms with Gasteiger partial charge in [0.05, 0.1) is 11.0 Å². The van der Waals surface area contributed by atoms with Crippen molar-refractivity contribution >= 4 is 26.0 Å². The summed E-state index contributed by atoms with van der Waals surface area (Å²) in [4.78, 5) is 0.143. The van der Waals surface area contributed by atoms with Crippen LogP contribution in [0, 0.1) is 6.92 Å². The number of alkyl halides is 1. The van der Waals surface area contributed by atoms with Crippen molar-refractivity contribution in [3.63, 3.8) is 0 Å². The Bertz CT molecular complexity index is 585. The van der Waals surface area contributed by atoms with E-state index in [4.69, 9.17) is 13.7 Å². The van der Waals surface area contributed by atoms with Gasteiger partial charge in [-0.05, 0) is 25.5 Å². The van der Waals surface area contributed by atoms with Crippen LogP contribution in [0.3, 0.4) is 0 Å². The Hall–Kier alpha value is -0.470. The summed E-state index contributed by atoms with van der Waals surface area (Å²) in [5.41, 5.74) is 0.991. The first-order valence-electron chi connectivity index (χ1n) is 6.38. The van der Waals surface area contributed by atoms with Gasteiger partial charge in [0, 0.05) is 6.61 Å². The third-order valence-corrected chi connectivity index (χ3v) is 5.58. The van der Waals surface area contributed by atoms with Gasteiger partial charge in [-0.2, -0.15) is 8.42 Å². The van der Waals surface area contributed by atoms with Crippen LogP contribution in [0.15, 0.2) is 29.2 Å². The normalized spacial score (nSPS) is 33.3. The average molecular weight is 363 g/mol. The van der Waals surface area contributed by atoms with E-state index >= 15 is 0 Å². The predicted octanol–water partition coefficient (Wildman–Crippen LogP) is 1.98. The van der Waals surface area contributed by atoms with Gasteiger partial charge in [0.1, 0.15) is 17.2 Å². The minimum atomic E-state index is -3.82. The van der Waals surface area contributed by atoms with Gasteiger partial charge < -0.3 is 9.47 Å². The summed E-state index contributed by atoms with van der Waals surface area (Å²) in [7, 11) is -3.82. The smallest absolute Gasteiger partial charge is 0.297 e. The molecule has 0 aromatic heterocycles. The molecule has 3 rings (SSSR count). The second-order valence-electron chi connectivity index (χ2n) is 4.98. The number of aryl methyl sites for hydroxylation is 1. The van der Waals surface area contributed by atoms with E-state index in [1.807, 2.05) is 6.92 Å². The van der Waals surface area contributed by atoms with Gasteiger partial charge in [0.25, 0.3) is 10.1 Å². The van der Waals surface area contributed by atoms with Crippen molar-refractivity contribution in [2.24, 2.45) is 0 Å². The zero-order chi connectivity index (χ0) is 14.3. The first-order chi connectivity index (χ1) is 9.47. The van der Waals surface area contributed by atoms with Gasteiger partial charge in [-0.25, -0.2) is 0 Å². The molecule has 5 nitrogen and oxygen atoms in total. The molecule has 110 valence electrons. The molecule has 2 fully saturated rings. The van der Waals surface area contributed by atoms with E-state index in [0.29, 0.717) is 6.61 Å². The zero-order valence-electron chi connectivity index (χ0n) is 10.9. The van der Waals surface area contributed by atoms with Crippen LogP contribution < -0.4 is 0 Å². The molecular formula is C13H15BrO5S. The highest BCUT2D eigenvalue weighted by Crippen LogP contribution is 2.36. The summed E-state index contributed by atoms with van der Waals surface area (Å²) in [5.74, 6) is 0. The molecule has 0 amide bonds. The topological polar surface area (TPSA) is 61.8 Å². The maximum absolute atomic E-state index is 12.3. The molecule has 0 saturated carbocycles. The van der Waals surface area contributed by atoms with Crippen LogP contribution in [-0.2, 0) is 23.8 Å². The Balaban J connectivity index is 1.81. The van der Waals surface area contributed by atoms with Crippen LogP contribution in [-0.4, -0.2) is 38.3 Å². The van der Waals surface area contributed by atoms with Crippen LogP contribution >= 0.6 is 15.9 Å². The molecule has 2 saturated heterocycles. The number of benzene rings is 1. The Morgan fingerprint density at radius 2 is 2.00 bits per heavy atom. The van der Waals surface area contributed by atoms with Gasteiger partial charge in [-0.15, -0.1) is 0 Å². The Labute approximate surface area is 126 Å². The maximum Gasteiger partial charge on any atom is 0.297 e. The highest BCUT2D eigenvalue weighted by molar-refractivity contribution is 9.09. The molecular weight excluding hydrogens is 348 g/mol. The van der Waals surface area contributed by atoms with Crippen LogP contribution in [0.2, 0.25) is 0 Å². The van der Waals surface area contributed by atoms with Crippen LogP contribution in [0.5, 0.6) is 0 Å². The first kappa shape index (κ1) is 14.5. The summed E-state index contributed by atoms with van der Waals surface area (Å²) in [5, 5.41) is -0.474. The Morgan fingerprint density at radius 3 is 2.70 bits per heavy atom. The molecule has 0 spiro atoms. The maximum atomic E-state index is 12.3. The van der Waals surface area contributed by atoms with Crippen molar-refractivity contribution in [1.29, 1.82) is 0 Å². The van der Waals surface area contributed by atoms with Crippen LogP contribution in [0.1, 0.15) is 12.0 Å². The lowest BCUT2D eigenvalue weighted by Crippen LogP contribution is -2.34. The summed E-state index contributed by atoms with van der Waals surface area (Å²) in [6.45, 7) is 2.47. The fourth-order valence-electron chi connectivity index (χ4n) is 2.44. The fourth-order valence-corrected chi connectivity index (χ4v) is 4.35. The summed E-state index contributed by atoms with van der Waals surface area (Å²) < 4.78 is 41.0. The molecule has 0 N–H and O–H groups in total. The predicted molar refractivity (Wildman–Crippen MR) is 75.2 cm³/mol. The quantitative estimate of drug-likeness (QED) is 0.607.